The van der Waals surface area contributed by atoms with Gasteiger partial charge in [-0.1, -0.05) is 0 Å². The third-order valence-corrected chi connectivity index (χ3v) is 1.65. The lowest BCUT2D eigenvalue weighted by Crippen LogP contribution is -2.33. The molecule has 0 fully saturated rings. The maximum Gasteiger partial charge on any atom is 0.328 e. The van der Waals surface area contributed by atoms with Gasteiger partial charge in [-0.3, -0.25) is 4.98 Å². The summed E-state index contributed by atoms with van der Waals surface area (Å²) in [5, 5.41) is 11.6. The van der Waals surface area contributed by atoms with Crippen molar-refractivity contribution >= 4 is 11.7 Å². The third-order valence-electron chi connectivity index (χ3n) is 1.65. The van der Waals surface area contributed by atoms with Crippen molar-refractivity contribution in [3.05, 3.63) is 24.5 Å². The minimum Gasteiger partial charge on any atom is -0.480 e. The number of ether oxygens (including phenoxy) is 1. The van der Waals surface area contributed by atoms with E-state index in [1.807, 2.05) is 0 Å². The molecular weight excluding hydrogens is 184 g/mol. The molecule has 14 heavy (non-hydrogen) atoms. The third kappa shape index (κ3) is 3.02. The standard InChI is InChI=1S/C9H12N2O3/c1-14-6-8(9(12)13)11-7-2-4-10-5-3-7/h2-5,8H,6H2,1H3,(H,10,11)(H,12,13). The molecule has 1 heterocycles. The first kappa shape index (κ1) is 10.5. The van der Waals surface area contributed by atoms with Gasteiger partial charge in [-0.15, -0.1) is 0 Å². The lowest BCUT2D eigenvalue weighted by atomic mass is 10.3. The summed E-state index contributed by atoms with van der Waals surface area (Å²) in [4.78, 5) is 14.6. The minimum atomic E-state index is -0.941. The summed E-state index contributed by atoms with van der Waals surface area (Å²) in [5.41, 5.74) is 0.712. The quantitative estimate of drug-likeness (QED) is 0.721. The molecule has 0 aromatic carbocycles. The predicted octanol–water partition coefficient (Wildman–Crippen LogP) is 0.593. The van der Waals surface area contributed by atoms with Crippen molar-refractivity contribution in [1.29, 1.82) is 0 Å². The van der Waals surface area contributed by atoms with Crippen molar-refractivity contribution in [2.45, 2.75) is 6.04 Å². The van der Waals surface area contributed by atoms with Gasteiger partial charge >= 0.3 is 5.97 Å². The Morgan fingerprint density at radius 2 is 2.29 bits per heavy atom. The zero-order chi connectivity index (χ0) is 10.4. The molecule has 2 N–H and O–H groups in total. The van der Waals surface area contributed by atoms with Crippen molar-refractivity contribution in [2.75, 3.05) is 19.0 Å². The first-order valence-corrected chi connectivity index (χ1v) is 4.12. The van der Waals surface area contributed by atoms with Crippen LogP contribution in [0.5, 0.6) is 0 Å². The largest absolute Gasteiger partial charge is 0.480 e. The molecule has 0 saturated carbocycles. The number of nitrogens with zero attached hydrogens (tertiary/aromatic N) is 1. The number of anilines is 1. The summed E-state index contributed by atoms with van der Waals surface area (Å²) in [6, 6.07) is 2.67. The van der Waals surface area contributed by atoms with E-state index in [2.05, 4.69) is 10.3 Å². The molecule has 1 atom stereocenters. The second kappa shape index (κ2) is 5.18. The van der Waals surface area contributed by atoms with Gasteiger partial charge in [0, 0.05) is 25.2 Å². The summed E-state index contributed by atoms with van der Waals surface area (Å²) in [5.74, 6) is -0.941. The van der Waals surface area contributed by atoms with Crippen molar-refractivity contribution in [1.82, 2.24) is 4.98 Å². The Morgan fingerprint density at radius 1 is 1.64 bits per heavy atom. The molecule has 1 unspecified atom stereocenters. The van der Waals surface area contributed by atoms with Crippen LogP contribution in [0.3, 0.4) is 0 Å². The van der Waals surface area contributed by atoms with E-state index >= 15 is 0 Å². The molecule has 0 aliphatic carbocycles. The summed E-state index contributed by atoms with van der Waals surface area (Å²) in [6.07, 6.45) is 3.18. The number of carboxylic acids is 1. The van der Waals surface area contributed by atoms with Gasteiger partial charge in [-0.05, 0) is 12.1 Å². The Labute approximate surface area is 81.7 Å². The first-order valence-electron chi connectivity index (χ1n) is 4.12. The number of carboxylic acid groups (broad SMARTS) is 1. The van der Waals surface area contributed by atoms with Crippen LogP contribution in [0.2, 0.25) is 0 Å². The lowest BCUT2D eigenvalue weighted by molar-refractivity contribution is -0.139. The van der Waals surface area contributed by atoms with Crippen molar-refractivity contribution in [3.8, 4) is 0 Å². The van der Waals surface area contributed by atoms with E-state index in [1.165, 1.54) is 7.11 Å². The van der Waals surface area contributed by atoms with Gasteiger partial charge < -0.3 is 15.2 Å². The molecule has 1 rings (SSSR count). The van der Waals surface area contributed by atoms with Crippen LogP contribution in [-0.4, -0.2) is 35.8 Å². The monoisotopic (exact) mass is 196 g/mol. The molecule has 0 saturated heterocycles. The normalized spacial score (nSPS) is 12.1. The summed E-state index contributed by atoms with van der Waals surface area (Å²) in [7, 11) is 1.46. The maximum atomic E-state index is 10.7. The highest BCUT2D eigenvalue weighted by molar-refractivity contribution is 5.77. The molecule has 0 spiro atoms. The molecule has 5 nitrogen and oxygen atoms in total. The van der Waals surface area contributed by atoms with E-state index in [0.717, 1.165) is 0 Å². The number of hydrogen-bond donors (Lipinski definition) is 2. The fraction of sp³-hybridized carbons (Fsp3) is 0.333. The van der Waals surface area contributed by atoms with E-state index < -0.39 is 12.0 Å². The van der Waals surface area contributed by atoms with E-state index in [0.29, 0.717) is 5.69 Å². The van der Waals surface area contributed by atoms with Crippen molar-refractivity contribution in [3.63, 3.8) is 0 Å². The molecule has 0 amide bonds. The van der Waals surface area contributed by atoms with Crippen LogP contribution < -0.4 is 5.32 Å². The number of rotatable bonds is 5. The van der Waals surface area contributed by atoms with Gasteiger partial charge in [0.05, 0.1) is 6.61 Å². The van der Waals surface area contributed by atoms with Crippen LogP contribution in [0.4, 0.5) is 5.69 Å². The second-order valence-electron chi connectivity index (χ2n) is 2.73. The summed E-state index contributed by atoms with van der Waals surface area (Å²) in [6.45, 7) is 0.123. The number of aromatic nitrogens is 1. The smallest absolute Gasteiger partial charge is 0.328 e. The molecule has 0 aliphatic heterocycles. The molecule has 0 bridgehead atoms. The van der Waals surface area contributed by atoms with Crippen LogP contribution in [0.1, 0.15) is 0 Å². The second-order valence-corrected chi connectivity index (χ2v) is 2.73. The highest BCUT2D eigenvalue weighted by Gasteiger charge is 2.16. The average molecular weight is 196 g/mol. The predicted molar refractivity (Wildman–Crippen MR) is 51.2 cm³/mol. The summed E-state index contributed by atoms with van der Waals surface area (Å²) >= 11 is 0. The van der Waals surface area contributed by atoms with E-state index in [9.17, 15) is 4.79 Å². The Hall–Kier alpha value is -1.62. The first-order chi connectivity index (χ1) is 6.74. The fourth-order valence-corrected chi connectivity index (χ4v) is 0.991. The number of nitrogens with one attached hydrogen (secondary N) is 1. The SMILES string of the molecule is COCC(Nc1ccncc1)C(=O)O. The Morgan fingerprint density at radius 3 is 2.79 bits per heavy atom. The van der Waals surface area contributed by atoms with E-state index in [-0.39, 0.29) is 6.61 Å². The molecule has 5 heteroatoms. The molecule has 1 aromatic rings. The average Bonchev–Trinajstić information content (AvgIpc) is 2.18. The van der Waals surface area contributed by atoms with Gasteiger partial charge in [0.25, 0.3) is 0 Å². The molecule has 0 radical (unpaired) electrons. The Kier molecular flexibility index (Phi) is 3.87. The summed E-state index contributed by atoms with van der Waals surface area (Å²) < 4.78 is 4.78. The maximum absolute atomic E-state index is 10.7. The molecule has 0 aliphatic rings. The van der Waals surface area contributed by atoms with Gasteiger partial charge in [-0.2, -0.15) is 0 Å². The van der Waals surface area contributed by atoms with Crippen LogP contribution in [0.25, 0.3) is 0 Å². The van der Waals surface area contributed by atoms with E-state index in [1.54, 1.807) is 24.5 Å². The van der Waals surface area contributed by atoms with Crippen LogP contribution in [0, 0.1) is 0 Å². The number of aliphatic carboxylic acids is 1. The lowest BCUT2D eigenvalue weighted by Gasteiger charge is -2.14. The van der Waals surface area contributed by atoms with E-state index in [4.69, 9.17) is 9.84 Å². The zero-order valence-electron chi connectivity index (χ0n) is 7.80. The molecule has 76 valence electrons. The van der Waals surface area contributed by atoms with Crippen molar-refractivity contribution in [2.24, 2.45) is 0 Å². The number of methoxy groups -OCH3 is 1. The number of carbonyl (C=O) groups is 1. The van der Waals surface area contributed by atoms with Crippen LogP contribution in [0.15, 0.2) is 24.5 Å². The van der Waals surface area contributed by atoms with Crippen molar-refractivity contribution < 1.29 is 14.6 Å². The zero-order valence-corrected chi connectivity index (χ0v) is 7.80. The molecular formula is C9H12N2O3. The highest BCUT2D eigenvalue weighted by Crippen LogP contribution is 2.05. The minimum absolute atomic E-state index is 0.123. The van der Waals surface area contributed by atoms with Gasteiger partial charge in [0.1, 0.15) is 6.04 Å². The highest BCUT2D eigenvalue weighted by atomic mass is 16.5. The fourth-order valence-electron chi connectivity index (χ4n) is 0.991. The Balaban J connectivity index is 2.60. The topological polar surface area (TPSA) is 71.5 Å². The number of pyridine rings is 1. The van der Waals surface area contributed by atoms with Gasteiger partial charge in [0.2, 0.25) is 0 Å². The van der Waals surface area contributed by atoms with Gasteiger partial charge in [-0.25, -0.2) is 4.79 Å². The van der Waals surface area contributed by atoms with Crippen LogP contribution >= 0.6 is 0 Å². The molecule has 1 aromatic heterocycles. The van der Waals surface area contributed by atoms with Crippen LogP contribution in [-0.2, 0) is 9.53 Å². The van der Waals surface area contributed by atoms with Gasteiger partial charge in [0.15, 0.2) is 0 Å². The Bertz CT molecular complexity index is 289. The number of hydrogen-bond acceptors (Lipinski definition) is 4.